The van der Waals surface area contributed by atoms with Gasteiger partial charge < -0.3 is 4.74 Å². The van der Waals surface area contributed by atoms with Gasteiger partial charge in [0.1, 0.15) is 5.82 Å². The molecular weight excluding hydrogens is 284 g/mol. The molecule has 0 amide bonds. The minimum Gasteiger partial charge on any atom is -0.466 e. The highest BCUT2D eigenvalue weighted by molar-refractivity contribution is 7.90. The second-order valence-corrected chi connectivity index (χ2v) is 6.20. The summed E-state index contributed by atoms with van der Waals surface area (Å²) in [5.41, 5.74) is 0. The van der Waals surface area contributed by atoms with Gasteiger partial charge in [0.15, 0.2) is 0 Å². The molecule has 1 saturated heterocycles. The first-order valence-electron chi connectivity index (χ1n) is 6.47. The van der Waals surface area contributed by atoms with Gasteiger partial charge in [0.2, 0.25) is 0 Å². The lowest BCUT2D eigenvalue weighted by molar-refractivity contribution is -0.149. The number of hydrogen-bond acceptors (Lipinski definition) is 5. The second kappa shape index (κ2) is 6.23. The van der Waals surface area contributed by atoms with E-state index in [4.69, 9.17) is 4.74 Å². The standard InChI is InChI=1S/C11H18N4O4S/c1-2-19-11(16)9-4-3-7-15(8-9)20(17,18)14-10-5-6-12-13-10/h5-6,9H,2-4,7-8H2,1H3,(H2,12,13,14). The van der Waals surface area contributed by atoms with Crippen LogP contribution in [0, 0.1) is 5.92 Å². The van der Waals surface area contributed by atoms with Crippen LogP contribution in [0.2, 0.25) is 0 Å². The Morgan fingerprint density at radius 2 is 2.45 bits per heavy atom. The third-order valence-electron chi connectivity index (χ3n) is 3.08. The van der Waals surface area contributed by atoms with E-state index in [1.54, 1.807) is 6.92 Å². The van der Waals surface area contributed by atoms with Crippen LogP contribution in [0.4, 0.5) is 5.82 Å². The smallest absolute Gasteiger partial charge is 0.310 e. The number of carbonyl (C=O) groups excluding carboxylic acids is 1. The van der Waals surface area contributed by atoms with E-state index in [0.717, 1.165) is 0 Å². The van der Waals surface area contributed by atoms with Crippen molar-refractivity contribution in [3.8, 4) is 0 Å². The van der Waals surface area contributed by atoms with E-state index in [2.05, 4.69) is 14.9 Å². The predicted octanol–water partition coefficient (Wildman–Crippen LogP) is 0.341. The first-order chi connectivity index (χ1) is 9.53. The molecule has 2 N–H and O–H groups in total. The zero-order valence-corrected chi connectivity index (χ0v) is 12.0. The molecule has 112 valence electrons. The Balaban J connectivity index is 2.02. The van der Waals surface area contributed by atoms with Crippen LogP contribution in [-0.2, 0) is 19.7 Å². The Bertz CT molecular complexity index is 543. The average molecular weight is 302 g/mol. The van der Waals surface area contributed by atoms with Crippen molar-refractivity contribution in [1.29, 1.82) is 0 Å². The molecule has 1 aromatic heterocycles. The van der Waals surface area contributed by atoms with Gasteiger partial charge in [0, 0.05) is 19.2 Å². The van der Waals surface area contributed by atoms with Gasteiger partial charge in [-0.1, -0.05) is 0 Å². The van der Waals surface area contributed by atoms with E-state index >= 15 is 0 Å². The largest absolute Gasteiger partial charge is 0.466 e. The molecule has 1 aliphatic heterocycles. The third kappa shape index (κ3) is 3.48. The Kier molecular flexibility index (Phi) is 4.61. The van der Waals surface area contributed by atoms with Crippen molar-refractivity contribution in [3.05, 3.63) is 12.3 Å². The fraction of sp³-hybridized carbons (Fsp3) is 0.636. The molecule has 1 aliphatic rings. The Morgan fingerprint density at radius 3 is 3.10 bits per heavy atom. The molecule has 1 fully saturated rings. The summed E-state index contributed by atoms with van der Waals surface area (Å²) >= 11 is 0. The van der Waals surface area contributed by atoms with Crippen LogP contribution in [-0.4, -0.2) is 48.6 Å². The number of rotatable bonds is 5. The van der Waals surface area contributed by atoms with E-state index in [-0.39, 0.29) is 12.5 Å². The molecular formula is C11H18N4O4S. The van der Waals surface area contributed by atoms with Crippen molar-refractivity contribution in [2.24, 2.45) is 5.92 Å². The van der Waals surface area contributed by atoms with Gasteiger partial charge in [0.25, 0.3) is 0 Å². The van der Waals surface area contributed by atoms with Crippen molar-refractivity contribution < 1.29 is 17.9 Å². The topological polar surface area (TPSA) is 104 Å². The van der Waals surface area contributed by atoms with Gasteiger partial charge in [-0.25, -0.2) is 0 Å². The lowest BCUT2D eigenvalue weighted by atomic mass is 10.0. The van der Waals surface area contributed by atoms with Crippen molar-refractivity contribution in [2.75, 3.05) is 24.4 Å². The zero-order chi connectivity index (χ0) is 14.6. The SMILES string of the molecule is CCOC(=O)C1CCCN(S(=O)(=O)Nc2ccn[nH]2)C1. The van der Waals surface area contributed by atoms with Crippen LogP contribution in [0.25, 0.3) is 0 Å². The van der Waals surface area contributed by atoms with Gasteiger partial charge in [-0.15, -0.1) is 0 Å². The number of anilines is 1. The number of aromatic amines is 1. The van der Waals surface area contributed by atoms with E-state index in [0.29, 0.717) is 31.8 Å². The highest BCUT2D eigenvalue weighted by Crippen LogP contribution is 2.21. The molecule has 0 bridgehead atoms. The number of ether oxygens (including phenoxy) is 1. The maximum absolute atomic E-state index is 12.2. The lowest BCUT2D eigenvalue weighted by Gasteiger charge is -2.30. The minimum absolute atomic E-state index is 0.141. The monoisotopic (exact) mass is 302 g/mol. The summed E-state index contributed by atoms with van der Waals surface area (Å²) in [6.07, 6.45) is 2.73. The maximum Gasteiger partial charge on any atom is 0.310 e. The van der Waals surface area contributed by atoms with Gasteiger partial charge in [0.05, 0.1) is 18.7 Å². The molecule has 1 atom stereocenters. The van der Waals surface area contributed by atoms with Crippen molar-refractivity contribution in [2.45, 2.75) is 19.8 Å². The van der Waals surface area contributed by atoms with Crippen molar-refractivity contribution >= 4 is 22.0 Å². The van der Waals surface area contributed by atoms with Crippen LogP contribution < -0.4 is 4.72 Å². The highest BCUT2D eigenvalue weighted by atomic mass is 32.2. The van der Waals surface area contributed by atoms with Crippen molar-refractivity contribution in [1.82, 2.24) is 14.5 Å². The summed E-state index contributed by atoms with van der Waals surface area (Å²) in [6, 6.07) is 1.52. The average Bonchev–Trinajstić information content (AvgIpc) is 2.91. The number of hydrogen-bond donors (Lipinski definition) is 2. The Labute approximate surface area is 117 Å². The van der Waals surface area contributed by atoms with E-state index in [1.807, 2.05) is 0 Å². The van der Waals surface area contributed by atoms with Crippen molar-refractivity contribution in [3.63, 3.8) is 0 Å². The number of carbonyl (C=O) groups is 1. The van der Waals surface area contributed by atoms with Gasteiger partial charge in [-0.05, 0) is 19.8 Å². The number of piperidine rings is 1. The molecule has 0 spiro atoms. The van der Waals surface area contributed by atoms with E-state index < -0.39 is 16.1 Å². The van der Waals surface area contributed by atoms with Crippen LogP contribution in [0.5, 0.6) is 0 Å². The summed E-state index contributed by atoms with van der Waals surface area (Å²) in [5.74, 6) is -0.445. The molecule has 2 heterocycles. The first kappa shape index (κ1) is 14.8. The third-order valence-corrected chi connectivity index (χ3v) is 4.57. The fourth-order valence-corrected chi connectivity index (χ4v) is 3.40. The lowest BCUT2D eigenvalue weighted by Crippen LogP contribution is -2.45. The number of aromatic nitrogens is 2. The number of nitrogens with zero attached hydrogens (tertiary/aromatic N) is 2. The molecule has 0 saturated carbocycles. The van der Waals surface area contributed by atoms with Gasteiger partial charge in [-0.2, -0.15) is 17.8 Å². The molecule has 1 aromatic rings. The second-order valence-electron chi connectivity index (χ2n) is 4.53. The molecule has 1 unspecified atom stereocenters. The maximum atomic E-state index is 12.2. The van der Waals surface area contributed by atoms with Crippen LogP contribution in [0.3, 0.4) is 0 Å². The fourth-order valence-electron chi connectivity index (χ4n) is 2.13. The number of esters is 1. The van der Waals surface area contributed by atoms with E-state index in [1.165, 1.54) is 16.6 Å². The number of H-pyrrole nitrogens is 1. The molecule has 9 heteroatoms. The first-order valence-corrected chi connectivity index (χ1v) is 7.91. The highest BCUT2D eigenvalue weighted by Gasteiger charge is 2.33. The summed E-state index contributed by atoms with van der Waals surface area (Å²) in [4.78, 5) is 11.7. The Hall–Kier alpha value is -1.61. The normalized spacial score (nSPS) is 20.6. The zero-order valence-electron chi connectivity index (χ0n) is 11.2. The summed E-state index contributed by atoms with van der Waals surface area (Å²) in [5, 5.41) is 6.20. The van der Waals surface area contributed by atoms with Crippen LogP contribution >= 0.6 is 0 Å². The number of nitrogens with one attached hydrogen (secondary N) is 2. The summed E-state index contributed by atoms with van der Waals surface area (Å²) in [7, 11) is -3.68. The molecule has 20 heavy (non-hydrogen) atoms. The molecule has 8 nitrogen and oxygen atoms in total. The van der Waals surface area contributed by atoms with Crippen LogP contribution in [0.15, 0.2) is 12.3 Å². The molecule has 0 aromatic carbocycles. The molecule has 2 rings (SSSR count). The van der Waals surface area contributed by atoms with Crippen LogP contribution in [0.1, 0.15) is 19.8 Å². The van der Waals surface area contributed by atoms with Gasteiger partial charge >= 0.3 is 16.2 Å². The minimum atomic E-state index is -3.68. The predicted molar refractivity (Wildman–Crippen MR) is 72.1 cm³/mol. The molecule has 0 radical (unpaired) electrons. The van der Waals surface area contributed by atoms with Gasteiger partial charge in [-0.3, -0.25) is 14.6 Å². The molecule has 0 aliphatic carbocycles. The summed E-state index contributed by atoms with van der Waals surface area (Å²) < 4.78 is 33.0. The summed E-state index contributed by atoms with van der Waals surface area (Å²) in [6.45, 7) is 2.56. The Morgan fingerprint density at radius 1 is 1.65 bits per heavy atom. The quantitative estimate of drug-likeness (QED) is 0.763. The van der Waals surface area contributed by atoms with E-state index in [9.17, 15) is 13.2 Å².